The molecule has 2 rings (SSSR count). The van der Waals surface area contributed by atoms with Gasteiger partial charge in [-0.1, -0.05) is 0 Å². The van der Waals surface area contributed by atoms with Crippen LogP contribution in [0.25, 0.3) is 0 Å². The van der Waals surface area contributed by atoms with Crippen molar-refractivity contribution in [2.75, 3.05) is 37.4 Å². The number of hydrogen-bond donors (Lipinski definition) is 2. The van der Waals surface area contributed by atoms with Crippen LogP contribution in [0.1, 0.15) is 5.56 Å². The van der Waals surface area contributed by atoms with E-state index in [0.29, 0.717) is 37.6 Å². The number of ether oxygens (including phenoxy) is 2. The third-order valence-electron chi connectivity index (χ3n) is 2.59. The average Bonchev–Trinajstić information content (AvgIpc) is 2.39. The molecule has 90 valence electrons. The molecule has 1 heterocycles. The van der Waals surface area contributed by atoms with Crippen molar-refractivity contribution in [2.24, 2.45) is 0 Å². The Kier molecular flexibility index (Phi) is 3.81. The summed E-state index contributed by atoms with van der Waals surface area (Å²) in [5.74, 6) is 0. The largest absolute Gasteiger partial charge is 0.398 e. The predicted octanol–water partition coefficient (Wildman–Crippen LogP) is 0.968. The lowest BCUT2D eigenvalue weighted by molar-refractivity contribution is -0.0818. The number of nitriles is 1. The van der Waals surface area contributed by atoms with Gasteiger partial charge in [-0.3, -0.25) is 0 Å². The standard InChI is InChI=1S/C12H15N3O2/c13-6-9-5-10(1-2-12(9)14)15-7-11-8-16-3-4-17-11/h1-2,5,11,15H,3-4,7-8,14H2. The summed E-state index contributed by atoms with van der Waals surface area (Å²) in [6.07, 6.45) is 0.0619. The highest BCUT2D eigenvalue weighted by Crippen LogP contribution is 2.17. The number of rotatable bonds is 3. The van der Waals surface area contributed by atoms with E-state index in [4.69, 9.17) is 20.5 Å². The van der Waals surface area contributed by atoms with Gasteiger partial charge in [-0.2, -0.15) is 5.26 Å². The number of nitrogen functional groups attached to an aromatic ring is 1. The molecule has 1 aliphatic heterocycles. The topological polar surface area (TPSA) is 80.3 Å². The molecule has 0 aliphatic carbocycles. The molecule has 1 aromatic carbocycles. The molecule has 1 aliphatic rings. The van der Waals surface area contributed by atoms with E-state index in [1.165, 1.54) is 0 Å². The van der Waals surface area contributed by atoms with E-state index < -0.39 is 0 Å². The maximum absolute atomic E-state index is 8.86. The van der Waals surface area contributed by atoms with E-state index in [0.717, 1.165) is 5.69 Å². The molecule has 5 heteroatoms. The second-order valence-electron chi connectivity index (χ2n) is 3.86. The Balaban J connectivity index is 1.92. The van der Waals surface area contributed by atoms with E-state index >= 15 is 0 Å². The predicted molar refractivity (Wildman–Crippen MR) is 64.6 cm³/mol. The highest BCUT2D eigenvalue weighted by Gasteiger charge is 2.13. The Morgan fingerprint density at radius 1 is 1.47 bits per heavy atom. The minimum absolute atomic E-state index is 0.0619. The first-order chi connectivity index (χ1) is 8.29. The van der Waals surface area contributed by atoms with Crippen molar-refractivity contribution < 1.29 is 9.47 Å². The number of nitrogens with two attached hydrogens (primary N) is 1. The van der Waals surface area contributed by atoms with Crippen molar-refractivity contribution in [3.63, 3.8) is 0 Å². The second-order valence-corrected chi connectivity index (χ2v) is 3.86. The Morgan fingerprint density at radius 2 is 2.35 bits per heavy atom. The fourth-order valence-electron chi connectivity index (χ4n) is 1.65. The Morgan fingerprint density at radius 3 is 3.06 bits per heavy atom. The summed E-state index contributed by atoms with van der Waals surface area (Å²) in [6.45, 7) is 2.57. The summed E-state index contributed by atoms with van der Waals surface area (Å²) in [6, 6.07) is 7.36. The van der Waals surface area contributed by atoms with Gasteiger partial charge in [0.2, 0.25) is 0 Å². The summed E-state index contributed by atoms with van der Waals surface area (Å²) in [5.41, 5.74) is 7.49. The van der Waals surface area contributed by atoms with Gasteiger partial charge in [0.15, 0.2) is 0 Å². The molecule has 0 saturated carbocycles. The Hall–Kier alpha value is -1.77. The fourth-order valence-corrected chi connectivity index (χ4v) is 1.65. The average molecular weight is 233 g/mol. The van der Waals surface area contributed by atoms with Crippen LogP contribution >= 0.6 is 0 Å². The monoisotopic (exact) mass is 233 g/mol. The number of nitrogens with zero attached hydrogens (tertiary/aromatic N) is 1. The number of anilines is 2. The van der Waals surface area contributed by atoms with E-state index in [1.54, 1.807) is 12.1 Å². The molecule has 0 amide bonds. The van der Waals surface area contributed by atoms with Crippen molar-refractivity contribution >= 4 is 11.4 Å². The number of benzene rings is 1. The van der Waals surface area contributed by atoms with E-state index in [-0.39, 0.29) is 6.10 Å². The summed E-state index contributed by atoms with van der Waals surface area (Å²) in [4.78, 5) is 0. The van der Waals surface area contributed by atoms with Crippen molar-refractivity contribution in [2.45, 2.75) is 6.10 Å². The van der Waals surface area contributed by atoms with Crippen LogP contribution in [-0.4, -0.2) is 32.5 Å². The molecule has 1 fully saturated rings. The van der Waals surface area contributed by atoms with Gasteiger partial charge in [-0.05, 0) is 18.2 Å². The smallest absolute Gasteiger partial charge is 0.101 e. The summed E-state index contributed by atoms with van der Waals surface area (Å²) < 4.78 is 10.8. The molecular formula is C12H15N3O2. The maximum atomic E-state index is 8.86. The van der Waals surface area contributed by atoms with Gasteiger partial charge >= 0.3 is 0 Å². The minimum atomic E-state index is 0.0619. The molecule has 17 heavy (non-hydrogen) atoms. The molecule has 1 aromatic rings. The first kappa shape index (κ1) is 11.7. The lowest BCUT2D eigenvalue weighted by Crippen LogP contribution is -2.34. The molecule has 1 unspecified atom stereocenters. The quantitative estimate of drug-likeness (QED) is 0.760. The molecule has 1 atom stereocenters. The molecule has 0 aromatic heterocycles. The molecular weight excluding hydrogens is 218 g/mol. The molecule has 0 bridgehead atoms. The second kappa shape index (κ2) is 5.53. The summed E-state index contributed by atoms with van der Waals surface area (Å²) in [5, 5.41) is 12.1. The molecule has 0 spiro atoms. The fraction of sp³-hybridized carbons (Fsp3) is 0.417. The third-order valence-corrected chi connectivity index (χ3v) is 2.59. The summed E-state index contributed by atoms with van der Waals surface area (Å²) in [7, 11) is 0. The molecule has 5 nitrogen and oxygen atoms in total. The Labute approximate surface area is 100 Å². The van der Waals surface area contributed by atoms with E-state index in [1.807, 2.05) is 6.07 Å². The van der Waals surface area contributed by atoms with Crippen LogP contribution in [-0.2, 0) is 9.47 Å². The van der Waals surface area contributed by atoms with Crippen molar-refractivity contribution in [1.29, 1.82) is 5.26 Å². The minimum Gasteiger partial charge on any atom is -0.398 e. The van der Waals surface area contributed by atoms with Crippen molar-refractivity contribution in [3.05, 3.63) is 23.8 Å². The van der Waals surface area contributed by atoms with Crippen molar-refractivity contribution in [3.8, 4) is 6.07 Å². The first-order valence-electron chi connectivity index (χ1n) is 5.52. The van der Waals surface area contributed by atoms with Gasteiger partial charge in [0.05, 0.1) is 31.5 Å². The SMILES string of the molecule is N#Cc1cc(NCC2COCCO2)ccc1N. The third kappa shape index (κ3) is 3.09. The van der Waals surface area contributed by atoms with Gasteiger partial charge in [0, 0.05) is 17.9 Å². The van der Waals surface area contributed by atoms with Crippen LogP contribution in [0.4, 0.5) is 11.4 Å². The highest BCUT2D eigenvalue weighted by molar-refractivity contribution is 5.61. The van der Waals surface area contributed by atoms with Crippen LogP contribution in [0, 0.1) is 11.3 Å². The molecule has 3 N–H and O–H groups in total. The van der Waals surface area contributed by atoms with Crippen LogP contribution in [0.15, 0.2) is 18.2 Å². The van der Waals surface area contributed by atoms with Gasteiger partial charge < -0.3 is 20.5 Å². The van der Waals surface area contributed by atoms with Crippen LogP contribution in [0.3, 0.4) is 0 Å². The van der Waals surface area contributed by atoms with E-state index in [9.17, 15) is 0 Å². The molecule has 0 radical (unpaired) electrons. The van der Waals surface area contributed by atoms with E-state index in [2.05, 4.69) is 11.4 Å². The first-order valence-corrected chi connectivity index (χ1v) is 5.52. The van der Waals surface area contributed by atoms with Crippen LogP contribution < -0.4 is 11.1 Å². The van der Waals surface area contributed by atoms with Gasteiger partial charge in [0.25, 0.3) is 0 Å². The number of hydrogen-bond acceptors (Lipinski definition) is 5. The van der Waals surface area contributed by atoms with Crippen molar-refractivity contribution in [1.82, 2.24) is 0 Å². The summed E-state index contributed by atoms with van der Waals surface area (Å²) >= 11 is 0. The zero-order valence-corrected chi connectivity index (χ0v) is 9.48. The molecule has 1 saturated heterocycles. The lowest BCUT2D eigenvalue weighted by Gasteiger charge is -2.23. The zero-order valence-electron chi connectivity index (χ0n) is 9.48. The van der Waals surface area contributed by atoms with Crippen LogP contribution in [0.2, 0.25) is 0 Å². The highest BCUT2D eigenvalue weighted by atomic mass is 16.6. The normalized spacial score (nSPS) is 19.6. The van der Waals surface area contributed by atoms with Gasteiger partial charge in [-0.15, -0.1) is 0 Å². The van der Waals surface area contributed by atoms with Gasteiger partial charge in [-0.25, -0.2) is 0 Å². The Bertz CT molecular complexity index is 422. The maximum Gasteiger partial charge on any atom is 0.101 e. The van der Waals surface area contributed by atoms with Gasteiger partial charge in [0.1, 0.15) is 6.07 Å². The van der Waals surface area contributed by atoms with Crippen LogP contribution in [0.5, 0.6) is 0 Å². The number of nitrogens with one attached hydrogen (secondary N) is 1. The zero-order chi connectivity index (χ0) is 12.1. The lowest BCUT2D eigenvalue weighted by atomic mass is 10.1.